The van der Waals surface area contributed by atoms with Gasteiger partial charge in [0.05, 0.1) is 36.0 Å². The first-order valence-electron chi connectivity index (χ1n) is 23.9. The van der Waals surface area contributed by atoms with Crippen LogP contribution in [0.2, 0.25) is 0 Å². The van der Waals surface area contributed by atoms with Gasteiger partial charge in [-0.3, -0.25) is 0 Å². The average molecular weight is 811 g/mol. The van der Waals surface area contributed by atoms with Crippen LogP contribution in [0.5, 0.6) is 0 Å². The first-order valence-corrected chi connectivity index (χ1v) is 21.8. The maximum atomic E-state index is 9.94. The Morgan fingerprint density at radius 1 is 0.452 bits per heavy atom. The molecular formula is C59H36N2S. The molecular weight excluding hydrogens is 769 g/mol. The lowest BCUT2D eigenvalue weighted by Gasteiger charge is -2.40. The summed E-state index contributed by atoms with van der Waals surface area (Å²) in [5.74, 6) is 0. The fraction of sp³-hybridized carbons (Fsp3) is 0.0169. The summed E-state index contributed by atoms with van der Waals surface area (Å²) < 4.78 is 60.8. The highest BCUT2D eigenvalue weighted by atomic mass is 32.1. The van der Waals surface area contributed by atoms with E-state index in [1.54, 1.807) is 11.3 Å². The Kier molecular flexibility index (Phi) is 5.86. The normalized spacial score (nSPS) is 16.2. The Labute approximate surface area is 371 Å². The lowest BCUT2D eigenvalue weighted by molar-refractivity contribution is 0.773. The van der Waals surface area contributed by atoms with Gasteiger partial charge < -0.3 is 9.47 Å². The van der Waals surface area contributed by atoms with Gasteiger partial charge in [0.15, 0.2) is 0 Å². The van der Waals surface area contributed by atoms with Crippen molar-refractivity contribution >= 4 is 81.1 Å². The van der Waals surface area contributed by atoms with Gasteiger partial charge in [-0.05, 0) is 104 Å². The van der Waals surface area contributed by atoms with Crippen molar-refractivity contribution < 1.29 is 8.22 Å². The molecule has 288 valence electrons. The fourth-order valence-electron chi connectivity index (χ4n) is 11.0. The summed E-state index contributed by atoms with van der Waals surface area (Å²) in [6.45, 7) is 0. The number of thiophene rings is 1. The number of fused-ring (bicyclic) bond motifs is 15. The first-order chi connectivity index (χ1) is 33.3. The Morgan fingerprint density at radius 3 is 2.00 bits per heavy atom. The number of anilines is 3. The van der Waals surface area contributed by atoms with Crippen molar-refractivity contribution in [2.45, 2.75) is 5.41 Å². The molecule has 0 radical (unpaired) electrons. The number of para-hydroxylation sites is 2. The molecule has 2 aliphatic rings. The summed E-state index contributed by atoms with van der Waals surface area (Å²) in [5.41, 5.74) is 11.2. The minimum atomic E-state index is -1.19. The van der Waals surface area contributed by atoms with Gasteiger partial charge in [-0.15, -0.1) is 11.3 Å². The summed E-state index contributed by atoms with van der Waals surface area (Å²) in [7, 11) is 0. The zero-order valence-electron chi connectivity index (χ0n) is 39.1. The molecule has 2 aliphatic carbocycles. The third kappa shape index (κ3) is 4.37. The van der Waals surface area contributed by atoms with Crippen LogP contribution in [-0.4, -0.2) is 4.57 Å². The van der Waals surface area contributed by atoms with Crippen LogP contribution in [0, 0.1) is 0 Å². The zero-order chi connectivity index (χ0) is 45.7. The molecule has 0 bridgehead atoms. The van der Waals surface area contributed by atoms with Gasteiger partial charge in [0.2, 0.25) is 0 Å². The van der Waals surface area contributed by atoms with E-state index in [2.05, 4.69) is 161 Å². The number of hydrogen-bond acceptors (Lipinski definition) is 2. The number of aromatic nitrogens is 1. The molecule has 0 saturated carbocycles. The van der Waals surface area contributed by atoms with E-state index in [4.69, 9.17) is 1.37 Å². The summed E-state index contributed by atoms with van der Waals surface area (Å²) in [5, 5.41) is 5.18. The van der Waals surface area contributed by atoms with Crippen LogP contribution in [0.25, 0.3) is 80.7 Å². The molecule has 12 aromatic rings. The molecule has 0 saturated heterocycles. The minimum absolute atomic E-state index is 0.117. The standard InChI is InChI=1S/C59H36N2S/c1-2-18-38(19-3-1)60-50-29-10-6-21-41(50)42-35-34-39(36-53(42)60)61(52-31-15-33-55-58(52)45-23-7-11-32-54(45)62-55)51-30-14-28-49-57(51)44-22-5-9-26-47(44)59(49)46-25-8-4-20-40(46)43-24-12-16-37-17-13-27-48(59)56(37)43/h1-36H/i12D,13D,16D,17D,24D,27D. The molecule has 2 aromatic heterocycles. The van der Waals surface area contributed by atoms with Crippen molar-refractivity contribution in [1.82, 2.24) is 4.57 Å². The lowest BCUT2D eigenvalue weighted by atomic mass is 9.61. The third-order valence-electron chi connectivity index (χ3n) is 13.3. The van der Waals surface area contributed by atoms with E-state index < -0.39 is 5.41 Å². The molecule has 10 aromatic carbocycles. The molecule has 2 heterocycles. The topological polar surface area (TPSA) is 8.17 Å². The number of nitrogens with zero attached hydrogens (tertiary/aromatic N) is 2. The summed E-state index contributed by atoms with van der Waals surface area (Å²) >= 11 is 1.78. The van der Waals surface area contributed by atoms with Crippen LogP contribution >= 0.6 is 11.3 Å². The number of rotatable bonds is 4. The molecule has 1 atom stereocenters. The van der Waals surface area contributed by atoms with Crippen molar-refractivity contribution in [3.05, 3.63) is 240 Å². The van der Waals surface area contributed by atoms with E-state index in [1.807, 2.05) is 30.3 Å². The molecule has 1 unspecified atom stereocenters. The second kappa shape index (κ2) is 12.7. The molecule has 0 N–H and O–H groups in total. The van der Waals surface area contributed by atoms with Gasteiger partial charge >= 0.3 is 0 Å². The van der Waals surface area contributed by atoms with Crippen molar-refractivity contribution in [1.29, 1.82) is 0 Å². The van der Waals surface area contributed by atoms with Crippen LogP contribution in [0.4, 0.5) is 17.1 Å². The highest BCUT2D eigenvalue weighted by molar-refractivity contribution is 7.26. The number of benzene rings is 10. The Hall–Kier alpha value is -7.72. The second-order valence-electron chi connectivity index (χ2n) is 16.3. The molecule has 0 aliphatic heterocycles. The zero-order valence-corrected chi connectivity index (χ0v) is 33.9. The average Bonchev–Trinajstić information content (AvgIpc) is 4.02. The highest BCUT2D eigenvalue weighted by Crippen LogP contribution is 2.64. The maximum absolute atomic E-state index is 9.94. The lowest BCUT2D eigenvalue weighted by Crippen LogP contribution is -2.31. The maximum Gasteiger partial charge on any atom is 0.0726 e. The molecule has 0 amide bonds. The van der Waals surface area contributed by atoms with Crippen LogP contribution in [0.15, 0.2) is 218 Å². The molecule has 62 heavy (non-hydrogen) atoms. The smallest absolute Gasteiger partial charge is 0.0726 e. The molecule has 2 nitrogen and oxygen atoms in total. The molecule has 14 rings (SSSR count). The Bertz CT molecular complexity index is 4190. The monoisotopic (exact) mass is 810 g/mol. The van der Waals surface area contributed by atoms with E-state index in [0.29, 0.717) is 16.5 Å². The van der Waals surface area contributed by atoms with Crippen molar-refractivity contribution in [3.8, 4) is 27.9 Å². The number of hydrogen-bond donors (Lipinski definition) is 0. The summed E-state index contributed by atoms with van der Waals surface area (Å²) in [4.78, 5) is 2.40. The van der Waals surface area contributed by atoms with E-state index in [-0.39, 0.29) is 41.6 Å². The minimum Gasteiger partial charge on any atom is -0.309 e. The predicted octanol–water partition coefficient (Wildman–Crippen LogP) is 16.1. The summed E-state index contributed by atoms with van der Waals surface area (Å²) in [6.07, 6.45) is 0. The Morgan fingerprint density at radius 2 is 1.11 bits per heavy atom. The van der Waals surface area contributed by atoms with Gasteiger partial charge in [-0.2, -0.15) is 0 Å². The third-order valence-corrected chi connectivity index (χ3v) is 14.5. The van der Waals surface area contributed by atoms with Crippen LogP contribution in [-0.2, 0) is 5.41 Å². The van der Waals surface area contributed by atoms with Gasteiger partial charge in [0.25, 0.3) is 0 Å². The summed E-state index contributed by atoms with van der Waals surface area (Å²) in [6, 6.07) is 62.4. The van der Waals surface area contributed by atoms with Crippen molar-refractivity contribution in [2.75, 3.05) is 4.90 Å². The Balaban J connectivity index is 1.15. The van der Waals surface area contributed by atoms with E-state index in [0.717, 1.165) is 83.3 Å². The van der Waals surface area contributed by atoms with Crippen LogP contribution in [0.3, 0.4) is 0 Å². The SMILES string of the molecule is [2H]c1c([2H])c2c3c(c([2H])c([2H])c([2H])c3c1[2H])C1(c3ccccc3-c3c(N(c4ccc5c6ccccc6n(-c6ccccc6)c5c4)c4cccc5sc6ccccc6c45)cccc31)c1ccccc1-2. The highest BCUT2D eigenvalue weighted by Gasteiger charge is 2.51. The molecule has 0 fully saturated rings. The van der Waals surface area contributed by atoms with Crippen molar-refractivity contribution in [2.24, 2.45) is 0 Å². The fourth-order valence-corrected chi connectivity index (χ4v) is 12.1. The van der Waals surface area contributed by atoms with Crippen LogP contribution in [0.1, 0.15) is 30.5 Å². The molecule has 1 spiro atoms. The quantitative estimate of drug-likeness (QED) is 0.172. The van der Waals surface area contributed by atoms with Crippen LogP contribution < -0.4 is 4.90 Å². The van der Waals surface area contributed by atoms with Gasteiger partial charge in [-0.25, -0.2) is 0 Å². The van der Waals surface area contributed by atoms with Crippen molar-refractivity contribution in [3.63, 3.8) is 0 Å². The molecule has 3 heteroatoms. The van der Waals surface area contributed by atoms with E-state index in [1.165, 1.54) is 14.8 Å². The van der Waals surface area contributed by atoms with E-state index >= 15 is 0 Å². The van der Waals surface area contributed by atoms with Gasteiger partial charge in [0, 0.05) is 47.9 Å². The predicted molar refractivity (Wildman–Crippen MR) is 262 cm³/mol. The second-order valence-corrected chi connectivity index (χ2v) is 17.3. The largest absolute Gasteiger partial charge is 0.309 e. The van der Waals surface area contributed by atoms with Gasteiger partial charge in [-0.1, -0.05) is 164 Å². The van der Waals surface area contributed by atoms with Gasteiger partial charge in [0.1, 0.15) is 0 Å². The van der Waals surface area contributed by atoms with E-state index in [9.17, 15) is 6.85 Å². The first kappa shape index (κ1) is 28.7.